The van der Waals surface area contributed by atoms with E-state index in [2.05, 4.69) is 18.5 Å². The lowest BCUT2D eigenvalue weighted by molar-refractivity contribution is 0.0613. The number of thioether (sulfide) groups is 1. The van der Waals surface area contributed by atoms with Gasteiger partial charge in [-0.3, -0.25) is 0 Å². The van der Waals surface area contributed by atoms with Gasteiger partial charge in [0.2, 0.25) is 0 Å². The SMILES string of the molecule is CSCCNC(C)CC1CCOCC1. The first-order valence-corrected chi connectivity index (χ1v) is 7.02. The van der Waals surface area contributed by atoms with Gasteiger partial charge in [0.05, 0.1) is 0 Å². The Balaban J connectivity index is 2.03. The van der Waals surface area contributed by atoms with E-state index in [0.717, 1.165) is 25.7 Å². The highest BCUT2D eigenvalue weighted by atomic mass is 32.2. The zero-order valence-electron chi connectivity index (χ0n) is 9.42. The third kappa shape index (κ3) is 5.23. The highest BCUT2D eigenvalue weighted by molar-refractivity contribution is 7.98. The van der Waals surface area contributed by atoms with E-state index in [1.165, 1.54) is 25.0 Å². The molecule has 1 rings (SSSR count). The predicted molar refractivity (Wildman–Crippen MR) is 64.0 cm³/mol. The number of rotatable bonds is 6. The highest BCUT2D eigenvalue weighted by Crippen LogP contribution is 2.19. The van der Waals surface area contributed by atoms with Crippen LogP contribution in [0, 0.1) is 5.92 Å². The second-order valence-corrected chi connectivity index (χ2v) is 5.13. The summed E-state index contributed by atoms with van der Waals surface area (Å²) in [7, 11) is 0. The lowest BCUT2D eigenvalue weighted by Gasteiger charge is -2.25. The van der Waals surface area contributed by atoms with Crippen LogP contribution in [0.25, 0.3) is 0 Å². The molecule has 0 amide bonds. The molecule has 14 heavy (non-hydrogen) atoms. The Morgan fingerprint density at radius 3 is 2.79 bits per heavy atom. The van der Waals surface area contributed by atoms with Gasteiger partial charge in [0.25, 0.3) is 0 Å². The molecular weight excluding hydrogens is 194 g/mol. The van der Waals surface area contributed by atoms with Crippen molar-refractivity contribution in [2.45, 2.75) is 32.2 Å². The number of hydrogen-bond acceptors (Lipinski definition) is 3. The summed E-state index contributed by atoms with van der Waals surface area (Å²) in [4.78, 5) is 0. The van der Waals surface area contributed by atoms with Gasteiger partial charge in [-0.1, -0.05) is 0 Å². The van der Waals surface area contributed by atoms with Gasteiger partial charge in [0.15, 0.2) is 0 Å². The van der Waals surface area contributed by atoms with Crippen LogP contribution in [0.2, 0.25) is 0 Å². The molecule has 0 radical (unpaired) electrons. The Morgan fingerprint density at radius 2 is 2.14 bits per heavy atom. The molecule has 2 nitrogen and oxygen atoms in total. The van der Waals surface area contributed by atoms with Crippen LogP contribution in [0.3, 0.4) is 0 Å². The van der Waals surface area contributed by atoms with Gasteiger partial charge in [-0.15, -0.1) is 0 Å². The first kappa shape index (κ1) is 12.3. The van der Waals surface area contributed by atoms with Crippen LogP contribution >= 0.6 is 11.8 Å². The van der Waals surface area contributed by atoms with E-state index in [9.17, 15) is 0 Å². The molecule has 1 unspecified atom stereocenters. The van der Waals surface area contributed by atoms with Crippen LogP contribution in [0.15, 0.2) is 0 Å². The van der Waals surface area contributed by atoms with Crippen LogP contribution in [-0.2, 0) is 4.74 Å². The minimum Gasteiger partial charge on any atom is -0.381 e. The second kappa shape index (κ2) is 7.55. The van der Waals surface area contributed by atoms with E-state index >= 15 is 0 Å². The van der Waals surface area contributed by atoms with Crippen LogP contribution in [-0.4, -0.2) is 37.8 Å². The van der Waals surface area contributed by atoms with Gasteiger partial charge >= 0.3 is 0 Å². The number of nitrogens with one attached hydrogen (secondary N) is 1. The molecule has 0 saturated carbocycles. The van der Waals surface area contributed by atoms with Crippen molar-refractivity contribution in [2.24, 2.45) is 5.92 Å². The first-order valence-electron chi connectivity index (χ1n) is 5.63. The lowest BCUT2D eigenvalue weighted by Crippen LogP contribution is -2.31. The van der Waals surface area contributed by atoms with E-state index < -0.39 is 0 Å². The molecule has 0 bridgehead atoms. The summed E-state index contributed by atoms with van der Waals surface area (Å²) in [5.74, 6) is 2.11. The summed E-state index contributed by atoms with van der Waals surface area (Å²) in [6, 6.07) is 0.672. The van der Waals surface area contributed by atoms with Gasteiger partial charge in [-0.2, -0.15) is 11.8 Å². The number of ether oxygens (including phenoxy) is 1. The third-order valence-corrected chi connectivity index (χ3v) is 3.44. The van der Waals surface area contributed by atoms with Crippen LogP contribution < -0.4 is 5.32 Å². The Labute approximate surface area is 92.2 Å². The van der Waals surface area contributed by atoms with Gasteiger partial charge < -0.3 is 10.1 Å². The van der Waals surface area contributed by atoms with Crippen molar-refractivity contribution in [3.63, 3.8) is 0 Å². The smallest absolute Gasteiger partial charge is 0.0468 e. The van der Waals surface area contributed by atoms with Crippen molar-refractivity contribution in [3.05, 3.63) is 0 Å². The number of hydrogen-bond donors (Lipinski definition) is 1. The maximum Gasteiger partial charge on any atom is 0.0468 e. The minimum atomic E-state index is 0.672. The Morgan fingerprint density at radius 1 is 1.43 bits per heavy atom. The molecule has 0 aliphatic carbocycles. The molecular formula is C11H23NOS. The largest absolute Gasteiger partial charge is 0.381 e. The standard InChI is InChI=1S/C11H23NOS/c1-10(12-5-8-14-2)9-11-3-6-13-7-4-11/h10-12H,3-9H2,1-2H3. The maximum absolute atomic E-state index is 5.36. The fourth-order valence-corrected chi connectivity index (χ4v) is 2.29. The second-order valence-electron chi connectivity index (χ2n) is 4.14. The molecule has 1 heterocycles. The van der Waals surface area contributed by atoms with Crippen LogP contribution in [0.1, 0.15) is 26.2 Å². The third-order valence-electron chi connectivity index (χ3n) is 2.83. The van der Waals surface area contributed by atoms with Crippen molar-refractivity contribution in [3.8, 4) is 0 Å². The zero-order valence-corrected chi connectivity index (χ0v) is 10.2. The maximum atomic E-state index is 5.36. The fraction of sp³-hybridized carbons (Fsp3) is 1.00. The highest BCUT2D eigenvalue weighted by Gasteiger charge is 2.16. The van der Waals surface area contributed by atoms with Crippen molar-refractivity contribution >= 4 is 11.8 Å². The molecule has 1 saturated heterocycles. The van der Waals surface area contributed by atoms with E-state index in [1.54, 1.807) is 0 Å². The molecule has 0 aromatic carbocycles. The van der Waals surface area contributed by atoms with Crippen molar-refractivity contribution in [1.29, 1.82) is 0 Å². The van der Waals surface area contributed by atoms with Crippen LogP contribution in [0.5, 0.6) is 0 Å². The topological polar surface area (TPSA) is 21.3 Å². The van der Waals surface area contributed by atoms with E-state index in [-0.39, 0.29) is 0 Å². The summed E-state index contributed by atoms with van der Waals surface area (Å²) in [6.07, 6.45) is 5.99. The van der Waals surface area contributed by atoms with Crippen LogP contribution in [0.4, 0.5) is 0 Å². The normalized spacial score (nSPS) is 21.0. The summed E-state index contributed by atoms with van der Waals surface area (Å²) in [6.45, 7) is 5.39. The summed E-state index contributed by atoms with van der Waals surface area (Å²) in [5, 5.41) is 3.57. The molecule has 1 N–H and O–H groups in total. The van der Waals surface area contributed by atoms with E-state index in [0.29, 0.717) is 6.04 Å². The summed E-state index contributed by atoms with van der Waals surface area (Å²) < 4.78 is 5.36. The first-order chi connectivity index (χ1) is 6.83. The van der Waals surface area contributed by atoms with Gasteiger partial charge in [-0.05, 0) is 38.4 Å². The van der Waals surface area contributed by atoms with E-state index in [1.807, 2.05) is 11.8 Å². The van der Waals surface area contributed by atoms with Gasteiger partial charge in [0, 0.05) is 31.6 Å². The molecule has 0 spiro atoms. The zero-order chi connectivity index (χ0) is 10.2. The molecule has 1 fully saturated rings. The molecule has 1 aliphatic rings. The lowest BCUT2D eigenvalue weighted by atomic mass is 9.93. The van der Waals surface area contributed by atoms with Crippen molar-refractivity contribution < 1.29 is 4.74 Å². The molecule has 0 aromatic heterocycles. The Kier molecular flexibility index (Phi) is 6.65. The predicted octanol–water partition coefficient (Wildman–Crippen LogP) is 2.14. The molecule has 0 aromatic rings. The monoisotopic (exact) mass is 217 g/mol. The fourth-order valence-electron chi connectivity index (χ4n) is 1.97. The average Bonchev–Trinajstić information content (AvgIpc) is 2.20. The average molecular weight is 217 g/mol. The Bertz CT molecular complexity index is 137. The molecule has 84 valence electrons. The van der Waals surface area contributed by atoms with Crippen molar-refractivity contribution in [2.75, 3.05) is 31.8 Å². The van der Waals surface area contributed by atoms with E-state index in [4.69, 9.17) is 4.74 Å². The molecule has 3 heteroatoms. The van der Waals surface area contributed by atoms with Crippen molar-refractivity contribution in [1.82, 2.24) is 5.32 Å². The van der Waals surface area contributed by atoms with Gasteiger partial charge in [-0.25, -0.2) is 0 Å². The molecule has 1 atom stereocenters. The quantitative estimate of drug-likeness (QED) is 0.689. The molecule has 1 aliphatic heterocycles. The summed E-state index contributed by atoms with van der Waals surface area (Å²) in [5.41, 5.74) is 0. The minimum absolute atomic E-state index is 0.672. The van der Waals surface area contributed by atoms with Gasteiger partial charge in [0.1, 0.15) is 0 Å². The Hall–Kier alpha value is 0.270. The summed E-state index contributed by atoms with van der Waals surface area (Å²) >= 11 is 1.91.